The molecule has 0 aliphatic rings. The van der Waals surface area contributed by atoms with Gasteiger partial charge in [0, 0.05) is 5.56 Å². The second-order valence-electron chi connectivity index (χ2n) is 3.22. The number of aliphatic hydroxyl groups excluding tert-OH is 1. The molecular formula is C11H15BrO4. The maximum Gasteiger partial charge on any atom is 0.178 e. The minimum Gasteiger partial charge on any atom is -0.495 e. The molecule has 90 valence electrons. The van der Waals surface area contributed by atoms with Crippen molar-refractivity contribution in [3.8, 4) is 17.2 Å². The smallest absolute Gasteiger partial charge is 0.178 e. The van der Waals surface area contributed by atoms with Gasteiger partial charge in [0.1, 0.15) is 10.2 Å². The van der Waals surface area contributed by atoms with Crippen molar-refractivity contribution >= 4 is 15.9 Å². The molecule has 0 radical (unpaired) electrons. The first kappa shape index (κ1) is 13.1. The standard InChI is InChI=1S/C11H15BrO4/c1-6(13)7-5-8(14-2)11(16-4)9(12)10(7)15-3/h5-6,13H,1-4H3. The zero-order valence-corrected chi connectivity index (χ0v) is 11.3. The maximum atomic E-state index is 9.65. The van der Waals surface area contributed by atoms with Crippen LogP contribution in [0.15, 0.2) is 10.5 Å². The fourth-order valence-corrected chi connectivity index (χ4v) is 2.22. The molecule has 0 saturated carbocycles. The van der Waals surface area contributed by atoms with E-state index in [0.29, 0.717) is 27.3 Å². The average Bonchev–Trinajstić information content (AvgIpc) is 2.27. The molecule has 0 bridgehead atoms. The normalized spacial score (nSPS) is 12.1. The maximum absolute atomic E-state index is 9.65. The van der Waals surface area contributed by atoms with Crippen LogP contribution < -0.4 is 14.2 Å². The molecule has 0 aromatic heterocycles. The monoisotopic (exact) mass is 290 g/mol. The van der Waals surface area contributed by atoms with Gasteiger partial charge in [-0.2, -0.15) is 0 Å². The molecule has 0 saturated heterocycles. The summed E-state index contributed by atoms with van der Waals surface area (Å²) >= 11 is 3.37. The molecule has 16 heavy (non-hydrogen) atoms. The molecule has 0 aliphatic heterocycles. The van der Waals surface area contributed by atoms with Crippen molar-refractivity contribution in [1.82, 2.24) is 0 Å². The van der Waals surface area contributed by atoms with Gasteiger partial charge in [-0.1, -0.05) is 0 Å². The van der Waals surface area contributed by atoms with E-state index in [-0.39, 0.29) is 0 Å². The van der Waals surface area contributed by atoms with Crippen LogP contribution in [-0.2, 0) is 0 Å². The zero-order valence-electron chi connectivity index (χ0n) is 9.70. The molecule has 0 spiro atoms. The van der Waals surface area contributed by atoms with Crippen LogP contribution in [0, 0.1) is 0 Å². The second-order valence-corrected chi connectivity index (χ2v) is 4.02. The fourth-order valence-electron chi connectivity index (χ4n) is 1.47. The Morgan fingerprint density at radius 1 is 1.12 bits per heavy atom. The van der Waals surface area contributed by atoms with Crippen molar-refractivity contribution in [2.45, 2.75) is 13.0 Å². The third kappa shape index (κ3) is 2.25. The third-order valence-electron chi connectivity index (χ3n) is 2.25. The van der Waals surface area contributed by atoms with Crippen molar-refractivity contribution in [2.75, 3.05) is 21.3 Å². The lowest BCUT2D eigenvalue weighted by atomic mass is 10.1. The summed E-state index contributed by atoms with van der Waals surface area (Å²) in [6.07, 6.45) is -0.647. The summed E-state index contributed by atoms with van der Waals surface area (Å²) in [5.41, 5.74) is 0.645. The first-order valence-corrected chi connectivity index (χ1v) is 5.52. The SMILES string of the molecule is COc1cc(C(C)O)c(OC)c(Br)c1OC. The number of ether oxygens (including phenoxy) is 3. The number of benzene rings is 1. The van der Waals surface area contributed by atoms with Gasteiger partial charge < -0.3 is 19.3 Å². The molecule has 0 aliphatic carbocycles. The highest BCUT2D eigenvalue weighted by Gasteiger charge is 2.20. The molecule has 1 rings (SSSR count). The first-order chi connectivity index (χ1) is 7.56. The Morgan fingerprint density at radius 2 is 1.69 bits per heavy atom. The van der Waals surface area contributed by atoms with Gasteiger partial charge in [-0.3, -0.25) is 0 Å². The Bertz CT molecular complexity index is 377. The van der Waals surface area contributed by atoms with Crippen molar-refractivity contribution in [1.29, 1.82) is 0 Å². The quantitative estimate of drug-likeness (QED) is 0.926. The molecule has 1 atom stereocenters. The van der Waals surface area contributed by atoms with Crippen molar-refractivity contribution in [3.05, 3.63) is 16.1 Å². The molecular weight excluding hydrogens is 276 g/mol. The van der Waals surface area contributed by atoms with Gasteiger partial charge in [0.25, 0.3) is 0 Å². The van der Waals surface area contributed by atoms with Crippen LogP contribution in [0.25, 0.3) is 0 Å². The van der Waals surface area contributed by atoms with Crippen LogP contribution >= 0.6 is 15.9 Å². The van der Waals surface area contributed by atoms with Gasteiger partial charge in [0.2, 0.25) is 0 Å². The minimum absolute atomic E-state index is 0.545. The predicted octanol–water partition coefficient (Wildman–Crippen LogP) is 2.53. The number of hydrogen-bond donors (Lipinski definition) is 1. The van der Waals surface area contributed by atoms with Crippen LogP contribution in [0.1, 0.15) is 18.6 Å². The second kappa shape index (κ2) is 5.41. The molecule has 0 amide bonds. The lowest BCUT2D eigenvalue weighted by molar-refractivity contribution is 0.193. The molecule has 0 heterocycles. The highest BCUT2D eigenvalue weighted by Crippen LogP contribution is 2.45. The van der Waals surface area contributed by atoms with E-state index in [0.717, 1.165) is 0 Å². The van der Waals surface area contributed by atoms with Crippen LogP contribution in [0.2, 0.25) is 0 Å². The Labute approximate surface area is 103 Å². The van der Waals surface area contributed by atoms with Crippen LogP contribution in [0.4, 0.5) is 0 Å². The molecule has 0 fully saturated rings. The van der Waals surface area contributed by atoms with E-state index < -0.39 is 6.10 Å². The van der Waals surface area contributed by atoms with E-state index in [4.69, 9.17) is 14.2 Å². The summed E-state index contributed by atoms with van der Waals surface area (Å²) in [6.45, 7) is 1.66. The highest BCUT2D eigenvalue weighted by molar-refractivity contribution is 9.10. The Morgan fingerprint density at radius 3 is 2.06 bits per heavy atom. The van der Waals surface area contributed by atoms with Crippen LogP contribution in [0.5, 0.6) is 17.2 Å². The number of rotatable bonds is 4. The molecule has 5 heteroatoms. The predicted molar refractivity (Wildman–Crippen MR) is 64.4 cm³/mol. The van der Waals surface area contributed by atoms with E-state index in [1.807, 2.05) is 0 Å². The lowest BCUT2D eigenvalue weighted by Gasteiger charge is -2.17. The summed E-state index contributed by atoms with van der Waals surface area (Å²) < 4.78 is 16.3. The molecule has 1 aromatic rings. The van der Waals surface area contributed by atoms with Crippen molar-refractivity contribution < 1.29 is 19.3 Å². The van der Waals surface area contributed by atoms with Gasteiger partial charge in [-0.25, -0.2) is 0 Å². The Balaban J connectivity index is 3.47. The highest BCUT2D eigenvalue weighted by atomic mass is 79.9. The lowest BCUT2D eigenvalue weighted by Crippen LogP contribution is -2.01. The average molecular weight is 291 g/mol. The number of methoxy groups -OCH3 is 3. The largest absolute Gasteiger partial charge is 0.495 e. The summed E-state index contributed by atoms with van der Waals surface area (Å²) in [6, 6.07) is 1.70. The van der Waals surface area contributed by atoms with Gasteiger partial charge in [-0.15, -0.1) is 0 Å². The summed E-state index contributed by atoms with van der Waals surface area (Å²) in [7, 11) is 4.63. The van der Waals surface area contributed by atoms with Crippen molar-refractivity contribution in [2.24, 2.45) is 0 Å². The number of aliphatic hydroxyl groups is 1. The van der Waals surface area contributed by atoms with E-state index in [1.165, 1.54) is 7.11 Å². The summed E-state index contributed by atoms with van der Waals surface area (Å²) in [4.78, 5) is 0. The zero-order chi connectivity index (χ0) is 12.3. The van der Waals surface area contributed by atoms with E-state index in [2.05, 4.69) is 15.9 Å². The summed E-state index contributed by atoms with van der Waals surface area (Å²) in [5.74, 6) is 1.64. The van der Waals surface area contributed by atoms with Gasteiger partial charge >= 0.3 is 0 Å². The first-order valence-electron chi connectivity index (χ1n) is 4.73. The van der Waals surface area contributed by atoms with Gasteiger partial charge in [-0.05, 0) is 28.9 Å². The van der Waals surface area contributed by atoms with E-state index >= 15 is 0 Å². The number of hydrogen-bond acceptors (Lipinski definition) is 4. The number of halogens is 1. The Kier molecular flexibility index (Phi) is 4.44. The van der Waals surface area contributed by atoms with Crippen LogP contribution in [-0.4, -0.2) is 26.4 Å². The summed E-state index contributed by atoms with van der Waals surface area (Å²) in [5, 5.41) is 9.65. The van der Waals surface area contributed by atoms with Crippen molar-refractivity contribution in [3.63, 3.8) is 0 Å². The minimum atomic E-state index is -0.647. The fraction of sp³-hybridized carbons (Fsp3) is 0.455. The molecule has 1 aromatic carbocycles. The molecule has 1 N–H and O–H groups in total. The third-order valence-corrected chi connectivity index (χ3v) is 2.97. The van der Waals surface area contributed by atoms with Gasteiger partial charge in [0.15, 0.2) is 11.5 Å². The molecule has 4 nitrogen and oxygen atoms in total. The Hall–Kier alpha value is -0.940. The van der Waals surface area contributed by atoms with Crippen LogP contribution in [0.3, 0.4) is 0 Å². The van der Waals surface area contributed by atoms with Gasteiger partial charge in [0.05, 0.1) is 27.4 Å². The van der Waals surface area contributed by atoms with E-state index in [1.54, 1.807) is 27.2 Å². The molecule has 1 unspecified atom stereocenters. The topological polar surface area (TPSA) is 47.9 Å². The van der Waals surface area contributed by atoms with E-state index in [9.17, 15) is 5.11 Å².